The number of anilines is 1. The van der Waals surface area contributed by atoms with Gasteiger partial charge >= 0.3 is 0 Å². The molecule has 1 aliphatic heterocycles. The van der Waals surface area contributed by atoms with E-state index < -0.39 is 21.7 Å². The number of para-hydroxylation sites is 1. The fourth-order valence-electron chi connectivity index (χ4n) is 5.03. The van der Waals surface area contributed by atoms with E-state index in [1.54, 1.807) is 0 Å². The molecule has 184 valence electrons. The number of rotatable bonds is 7. The molecule has 1 amide bonds. The highest BCUT2D eigenvalue weighted by Gasteiger charge is 2.42. The predicted octanol–water partition coefficient (Wildman–Crippen LogP) is 4.85. The zero-order valence-electron chi connectivity index (χ0n) is 19.2. The minimum absolute atomic E-state index is 0.0222. The van der Waals surface area contributed by atoms with Gasteiger partial charge in [-0.1, -0.05) is 24.6 Å². The number of carbonyl (C=O) groups excluding carboxylic acids is 1. The van der Waals surface area contributed by atoms with Crippen LogP contribution in [0.2, 0.25) is 0 Å². The smallest absolute Gasteiger partial charge is 0.232 e. The summed E-state index contributed by atoms with van der Waals surface area (Å²) in [6, 6.07) is 10.5. The van der Waals surface area contributed by atoms with Crippen LogP contribution in [0, 0.1) is 11.6 Å². The lowest BCUT2D eigenvalue weighted by Gasteiger charge is -2.44. The summed E-state index contributed by atoms with van der Waals surface area (Å²) in [7, 11) is -3.74. The van der Waals surface area contributed by atoms with Gasteiger partial charge in [-0.2, -0.15) is 0 Å². The Kier molecular flexibility index (Phi) is 7.12. The normalized spacial score (nSPS) is 19.2. The predicted molar refractivity (Wildman–Crippen MR) is 126 cm³/mol. The summed E-state index contributed by atoms with van der Waals surface area (Å²) >= 11 is 0. The maximum Gasteiger partial charge on any atom is 0.232 e. The Morgan fingerprint density at radius 1 is 1.12 bits per heavy atom. The minimum atomic E-state index is -3.74. The van der Waals surface area contributed by atoms with Crippen molar-refractivity contribution < 1.29 is 26.7 Å². The summed E-state index contributed by atoms with van der Waals surface area (Å²) in [6.45, 7) is -0.0222. The first-order valence-corrected chi connectivity index (χ1v) is 13.5. The minimum Gasteiger partial charge on any atom is -0.487 e. The van der Waals surface area contributed by atoms with E-state index in [-0.39, 0.29) is 42.6 Å². The summed E-state index contributed by atoms with van der Waals surface area (Å²) in [6.07, 6.45) is 7.37. The fraction of sp³-hybridized carbons (Fsp3) is 0.480. The van der Waals surface area contributed by atoms with Crippen molar-refractivity contribution in [1.82, 2.24) is 5.32 Å². The van der Waals surface area contributed by atoms with Crippen molar-refractivity contribution in [3.63, 3.8) is 0 Å². The van der Waals surface area contributed by atoms with E-state index in [0.717, 1.165) is 59.7 Å². The molecule has 1 spiro atoms. The molecule has 1 unspecified atom stereocenters. The highest BCUT2D eigenvalue weighted by Crippen LogP contribution is 2.46. The SMILES string of the molecule is CS(=O)(=O)N(CCCC(=O)NC1CC2(CCCCC2)Oc2ccccc21)c1ccc(F)c(F)c1. The molecule has 0 radical (unpaired) electrons. The average molecular weight is 493 g/mol. The van der Waals surface area contributed by atoms with E-state index in [0.29, 0.717) is 6.42 Å². The Hall–Kier alpha value is -2.68. The third-order valence-corrected chi connectivity index (χ3v) is 7.85. The molecule has 1 aliphatic carbocycles. The number of fused-ring (bicyclic) bond motifs is 1. The number of carbonyl (C=O) groups is 1. The van der Waals surface area contributed by atoms with Crippen LogP contribution in [-0.4, -0.2) is 32.7 Å². The van der Waals surface area contributed by atoms with E-state index >= 15 is 0 Å². The first-order valence-electron chi connectivity index (χ1n) is 11.7. The molecule has 0 aromatic heterocycles. The molecular weight excluding hydrogens is 462 g/mol. The molecule has 9 heteroatoms. The van der Waals surface area contributed by atoms with Gasteiger partial charge in [0.15, 0.2) is 11.6 Å². The summed E-state index contributed by atoms with van der Waals surface area (Å²) in [5.41, 5.74) is 0.718. The molecule has 1 N–H and O–H groups in total. The van der Waals surface area contributed by atoms with E-state index in [1.165, 1.54) is 12.5 Å². The topological polar surface area (TPSA) is 75.7 Å². The van der Waals surface area contributed by atoms with E-state index in [2.05, 4.69) is 5.32 Å². The second-order valence-electron chi connectivity index (χ2n) is 9.24. The van der Waals surface area contributed by atoms with Gasteiger partial charge in [0.2, 0.25) is 15.9 Å². The first-order chi connectivity index (χ1) is 16.2. The Morgan fingerprint density at radius 3 is 2.56 bits per heavy atom. The number of ether oxygens (including phenoxy) is 1. The molecule has 34 heavy (non-hydrogen) atoms. The fourth-order valence-corrected chi connectivity index (χ4v) is 5.98. The Bertz CT molecular complexity index is 1150. The van der Waals surface area contributed by atoms with Crippen LogP contribution in [0.5, 0.6) is 5.75 Å². The summed E-state index contributed by atoms with van der Waals surface area (Å²) in [4.78, 5) is 12.8. The molecule has 6 nitrogen and oxygen atoms in total. The van der Waals surface area contributed by atoms with Crippen molar-refractivity contribution >= 4 is 21.6 Å². The van der Waals surface area contributed by atoms with E-state index in [9.17, 15) is 22.0 Å². The van der Waals surface area contributed by atoms with Crippen LogP contribution < -0.4 is 14.4 Å². The van der Waals surface area contributed by atoms with Crippen LogP contribution in [-0.2, 0) is 14.8 Å². The number of nitrogens with zero attached hydrogens (tertiary/aromatic N) is 1. The maximum atomic E-state index is 13.6. The monoisotopic (exact) mass is 492 g/mol. The number of hydrogen-bond acceptors (Lipinski definition) is 4. The van der Waals surface area contributed by atoms with Crippen molar-refractivity contribution in [1.29, 1.82) is 0 Å². The van der Waals surface area contributed by atoms with Crippen molar-refractivity contribution in [3.05, 3.63) is 59.7 Å². The highest BCUT2D eigenvalue weighted by molar-refractivity contribution is 7.92. The summed E-state index contributed by atoms with van der Waals surface area (Å²) < 4.78 is 58.8. The number of hydrogen-bond donors (Lipinski definition) is 1. The largest absolute Gasteiger partial charge is 0.487 e. The van der Waals surface area contributed by atoms with Gasteiger partial charge in [-0.25, -0.2) is 17.2 Å². The Morgan fingerprint density at radius 2 is 1.85 bits per heavy atom. The number of halogens is 2. The molecule has 2 aromatic rings. The lowest BCUT2D eigenvalue weighted by molar-refractivity contribution is -0.122. The van der Waals surface area contributed by atoms with Crippen molar-refractivity contribution in [2.45, 2.75) is 63.0 Å². The number of nitrogens with one attached hydrogen (secondary N) is 1. The lowest BCUT2D eigenvalue weighted by atomic mass is 9.77. The average Bonchev–Trinajstić information content (AvgIpc) is 2.78. The van der Waals surface area contributed by atoms with Gasteiger partial charge in [0, 0.05) is 31.0 Å². The first kappa shape index (κ1) is 24.4. The molecule has 2 aromatic carbocycles. The van der Waals surface area contributed by atoms with Gasteiger partial charge < -0.3 is 10.1 Å². The van der Waals surface area contributed by atoms with Crippen molar-refractivity contribution in [2.75, 3.05) is 17.1 Å². The standard InChI is InChI=1S/C25H30F2N2O4S/c1-34(31,32)29(18-11-12-20(26)21(27)16-18)15-7-10-24(30)28-22-17-25(13-5-2-6-14-25)33-23-9-4-3-8-19(22)23/h3-4,8-9,11-12,16,22H,2,5-7,10,13-15,17H2,1H3,(H,28,30). The molecule has 1 fully saturated rings. The molecule has 0 bridgehead atoms. The Labute approximate surface area is 199 Å². The van der Waals surface area contributed by atoms with Gasteiger partial charge in [-0.15, -0.1) is 0 Å². The van der Waals surface area contributed by atoms with Crippen LogP contribution in [0.3, 0.4) is 0 Å². The van der Waals surface area contributed by atoms with Gasteiger partial charge in [-0.05, 0) is 50.3 Å². The van der Waals surface area contributed by atoms with Crippen molar-refractivity contribution in [2.24, 2.45) is 0 Å². The number of amides is 1. The maximum absolute atomic E-state index is 13.6. The van der Waals surface area contributed by atoms with Crippen molar-refractivity contribution in [3.8, 4) is 5.75 Å². The molecule has 2 aliphatic rings. The van der Waals surface area contributed by atoms with Crippen LogP contribution in [0.25, 0.3) is 0 Å². The van der Waals surface area contributed by atoms with Crippen LogP contribution in [0.1, 0.15) is 63.0 Å². The number of benzene rings is 2. The molecule has 0 saturated heterocycles. The zero-order chi connectivity index (χ0) is 24.3. The van der Waals surface area contributed by atoms with Gasteiger partial charge in [0.05, 0.1) is 18.0 Å². The van der Waals surface area contributed by atoms with Crippen LogP contribution >= 0.6 is 0 Å². The van der Waals surface area contributed by atoms with Crippen LogP contribution in [0.15, 0.2) is 42.5 Å². The van der Waals surface area contributed by atoms with E-state index in [1.807, 2.05) is 24.3 Å². The van der Waals surface area contributed by atoms with Gasteiger partial charge in [0.25, 0.3) is 0 Å². The number of sulfonamides is 1. The quantitative estimate of drug-likeness (QED) is 0.599. The summed E-state index contributed by atoms with van der Waals surface area (Å²) in [5.74, 6) is -1.56. The highest BCUT2D eigenvalue weighted by atomic mass is 32.2. The second-order valence-corrected chi connectivity index (χ2v) is 11.2. The summed E-state index contributed by atoms with van der Waals surface area (Å²) in [5, 5.41) is 3.12. The van der Waals surface area contributed by atoms with Gasteiger partial charge in [0.1, 0.15) is 11.4 Å². The lowest BCUT2D eigenvalue weighted by Crippen LogP contribution is -2.46. The van der Waals surface area contributed by atoms with E-state index in [4.69, 9.17) is 4.74 Å². The molecule has 4 rings (SSSR count). The molecule has 1 atom stereocenters. The zero-order valence-corrected chi connectivity index (χ0v) is 20.0. The third-order valence-electron chi connectivity index (χ3n) is 6.65. The van der Waals surface area contributed by atoms with Crippen LogP contribution in [0.4, 0.5) is 14.5 Å². The Balaban J connectivity index is 1.41. The second kappa shape index (κ2) is 9.90. The van der Waals surface area contributed by atoms with Gasteiger partial charge in [-0.3, -0.25) is 9.10 Å². The molecule has 1 saturated carbocycles. The molecule has 1 heterocycles. The molecular formula is C25H30F2N2O4S. The third kappa shape index (κ3) is 5.51.